The van der Waals surface area contributed by atoms with E-state index >= 15 is 0 Å². The molecule has 3 rings (SSSR count). The molecule has 1 heterocycles. The van der Waals surface area contributed by atoms with Crippen LogP contribution in [0.25, 0.3) is 10.8 Å². The van der Waals surface area contributed by atoms with Crippen molar-refractivity contribution in [1.82, 2.24) is 10.6 Å². The summed E-state index contributed by atoms with van der Waals surface area (Å²) in [4.78, 5) is 36.0. The van der Waals surface area contributed by atoms with E-state index in [2.05, 4.69) is 10.6 Å². The summed E-state index contributed by atoms with van der Waals surface area (Å²) >= 11 is 0. The first kappa shape index (κ1) is 20.6. The lowest BCUT2D eigenvalue weighted by Gasteiger charge is -2.19. The number of carbonyl (C=O) groups is 3. The minimum atomic E-state index is -3.91. The monoisotopic (exact) mass is 419 g/mol. The van der Waals surface area contributed by atoms with E-state index in [1.807, 2.05) is 0 Å². The van der Waals surface area contributed by atoms with E-state index < -0.39 is 40.6 Å². The second-order valence-corrected chi connectivity index (χ2v) is 8.72. The number of nitrogens with one attached hydrogen (secondary N) is 2. The number of ether oxygens (including phenoxy) is 1. The molecule has 2 aromatic rings. The molecule has 0 unspecified atom stereocenters. The Balaban J connectivity index is 1.71. The van der Waals surface area contributed by atoms with Crippen LogP contribution < -0.4 is 14.9 Å². The number of rotatable bonds is 5. The van der Waals surface area contributed by atoms with Crippen LogP contribution in [0, 0.1) is 0 Å². The Morgan fingerprint density at radius 3 is 2.38 bits per heavy atom. The number of anilines is 1. The smallest absolute Gasteiger partial charge is 0.327 e. The number of hydrogen-bond acceptors (Lipinski definition) is 6. The summed E-state index contributed by atoms with van der Waals surface area (Å²) in [5.41, 5.74) is 0.378. The van der Waals surface area contributed by atoms with Crippen LogP contribution in [0.4, 0.5) is 10.5 Å². The molecule has 0 saturated carbocycles. The first-order valence-electron chi connectivity index (χ1n) is 8.96. The summed E-state index contributed by atoms with van der Waals surface area (Å²) in [6.07, 6.45) is -1.27. The van der Waals surface area contributed by atoms with Crippen molar-refractivity contribution in [2.45, 2.75) is 37.8 Å². The van der Waals surface area contributed by atoms with E-state index in [9.17, 15) is 22.8 Å². The van der Waals surface area contributed by atoms with E-state index in [0.717, 1.165) is 9.69 Å². The van der Waals surface area contributed by atoms with Gasteiger partial charge in [0.2, 0.25) is 0 Å². The number of hydrogen-bond donors (Lipinski definition) is 2. The van der Waals surface area contributed by atoms with Crippen LogP contribution in [0.2, 0.25) is 0 Å². The van der Waals surface area contributed by atoms with Gasteiger partial charge in [0.05, 0.1) is 10.6 Å². The fourth-order valence-corrected chi connectivity index (χ4v) is 4.70. The molecule has 29 heavy (non-hydrogen) atoms. The Bertz CT molecular complexity index is 1090. The van der Waals surface area contributed by atoms with Crippen LogP contribution in [-0.2, 0) is 24.3 Å². The molecule has 1 atom stereocenters. The molecule has 0 bridgehead atoms. The standard InChI is InChI=1S/C19H21N3O6S/c1-11(2)20-19(25)21-18(24)12(3)28-16(23)10-22-14-8-4-6-13-7-5-9-15(17(13)14)29(22,26)27/h4-9,11-12H,10H2,1-3H3,(H2,20,21,24,25)/t12-/m1/s1. The highest BCUT2D eigenvalue weighted by Crippen LogP contribution is 2.41. The zero-order valence-electron chi connectivity index (χ0n) is 16.1. The molecule has 0 fully saturated rings. The Kier molecular flexibility index (Phi) is 5.47. The largest absolute Gasteiger partial charge is 0.451 e. The third-order valence-electron chi connectivity index (χ3n) is 4.29. The van der Waals surface area contributed by atoms with Crippen molar-refractivity contribution in [3.05, 3.63) is 36.4 Å². The fourth-order valence-electron chi connectivity index (χ4n) is 3.05. The SMILES string of the molecule is CC(C)NC(=O)NC(=O)[C@@H](C)OC(=O)CN1c2cccc3cccc(c23)S1(=O)=O. The molecule has 10 heteroatoms. The van der Waals surface area contributed by atoms with Gasteiger partial charge < -0.3 is 10.1 Å². The maximum Gasteiger partial charge on any atom is 0.327 e. The predicted molar refractivity (Wildman–Crippen MR) is 106 cm³/mol. The first-order valence-corrected chi connectivity index (χ1v) is 10.4. The predicted octanol–water partition coefficient (Wildman–Crippen LogP) is 1.51. The van der Waals surface area contributed by atoms with Crippen LogP contribution in [0.15, 0.2) is 41.3 Å². The zero-order valence-corrected chi connectivity index (χ0v) is 16.9. The van der Waals surface area contributed by atoms with Gasteiger partial charge in [-0.1, -0.05) is 24.3 Å². The van der Waals surface area contributed by atoms with Crippen molar-refractivity contribution in [3.8, 4) is 0 Å². The number of sulfonamides is 1. The Hall–Kier alpha value is -3.14. The summed E-state index contributed by atoms with van der Waals surface area (Å²) in [6, 6.07) is 9.11. The summed E-state index contributed by atoms with van der Waals surface area (Å²) in [6.45, 7) is 4.15. The molecule has 154 valence electrons. The third kappa shape index (κ3) is 4.02. The van der Waals surface area contributed by atoms with Crippen molar-refractivity contribution in [2.75, 3.05) is 10.8 Å². The second-order valence-electron chi connectivity index (χ2n) is 6.89. The van der Waals surface area contributed by atoms with Gasteiger partial charge in [-0.15, -0.1) is 0 Å². The molecule has 0 saturated heterocycles. The highest BCUT2D eigenvalue weighted by atomic mass is 32.2. The van der Waals surface area contributed by atoms with Crippen LogP contribution >= 0.6 is 0 Å². The highest BCUT2D eigenvalue weighted by Gasteiger charge is 2.37. The lowest BCUT2D eigenvalue weighted by molar-refractivity contribution is -0.152. The average molecular weight is 419 g/mol. The van der Waals surface area contributed by atoms with Crippen molar-refractivity contribution < 1.29 is 27.5 Å². The molecule has 0 radical (unpaired) electrons. The van der Waals surface area contributed by atoms with E-state index in [0.29, 0.717) is 11.1 Å². The van der Waals surface area contributed by atoms with Gasteiger partial charge in [0, 0.05) is 11.4 Å². The van der Waals surface area contributed by atoms with Gasteiger partial charge in [-0.25, -0.2) is 13.2 Å². The normalized spacial score (nSPS) is 15.2. The van der Waals surface area contributed by atoms with Gasteiger partial charge in [0.15, 0.2) is 6.10 Å². The third-order valence-corrected chi connectivity index (χ3v) is 6.09. The Morgan fingerprint density at radius 2 is 1.72 bits per heavy atom. The van der Waals surface area contributed by atoms with Crippen molar-refractivity contribution in [1.29, 1.82) is 0 Å². The number of benzene rings is 2. The van der Waals surface area contributed by atoms with Gasteiger partial charge in [0.1, 0.15) is 6.54 Å². The van der Waals surface area contributed by atoms with Crippen molar-refractivity contribution >= 4 is 44.4 Å². The number of nitrogens with zero attached hydrogens (tertiary/aromatic N) is 1. The molecule has 3 amide bonds. The van der Waals surface area contributed by atoms with Gasteiger partial charge in [-0.2, -0.15) is 0 Å². The Labute approximate surface area is 168 Å². The van der Waals surface area contributed by atoms with Gasteiger partial charge >= 0.3 is 12.0 Å². The minimum Gasteiger partial charge on any atom is -0.451 e. The number of imide groups is 1. The number of esters is 1. The van der Waals surface area contributed by atoms with Crippen molar-refractivity contribution in [3.63, 3.8) is 0 Å². The average Bonchev–Trinajstić information content (AvgIpc) is 2.84. The molecular weight excluding hydrogens is 398 g/mol. The zero-order chi connectivity index (χ0) is 21.3. The maximum absolute atomic E-state index is 12.9. The van der Waals surface area contributed by atoms with E-state index in [4.69, 9.17) is 4.74 Å². The summed E-state index contributed by atoms with van der Waals surface area (Å²) in [5.74, 6) is -1.73. The molecule has 2 N–H and O–H groups in total. The topological polar surface area (TPSA) is 122 Å². The molecule has 0 aliphatic carbocycles. The van der Waals surface area contributed by atoms with Crippen LogP contribution in [0.5, 0.6) is 0 Å². The quantitative estimate of drug-likeness (QED) is 0.709. The van der Waals surface area contributed by atoms with Crippen LogP contribution in [0.3, 0.4) is 0 Å². The molecule has 0 spiro atoms. The summed E-state index contributed by atoms with van der Waals surface area (Å²) in [7, 11) is -3.91. The molecule has 1 aliphatic rings. The molecule has 0 aromatic heterocycles. The van der Waals surface area contributed by atoms with Crippen molar-refractivity contribution in [2.24, 2.45) is 0 Å². The summed E-state index contributed by atoms with van der Waals surface area (Å²) < 4.78 is 31.7. The lowest BCUT2D eigenvalue weighted by atomic mass is 10.1. The van der Waals surface area contributed by atoms with Gasteiger partial charge in [-0.3, -0.25) is 19.2 Å². The number of amides is 3. The number of urea groups is 1. The molecule has 2 aromatic carbocycles. The van der Waals surface area contributed by atoms with Crippen LogP contribution in [-0.4, -0.2) is 45.0 Å². The molecule has 9 nitrogen and oxygen atoms in total. The first-order chi connectivity index (χ1) is 13.6. The lowest BCUT2D eigenvalue weighted by Crippen LogP contribution is -2.47. The Morgan fingerprint density at radius 1 is 1.07 bits per heavy atom. The molecule has 1 aliphatic heterocycles. The van der Waals surface area contributed by atoms with E-state index in [-0.39, 0.29) is 10.9 Å². The molecular formula is C19H21N3O6S. The summed E-state index contributed by atoms with van der Waals surface area (Å²) in [5, 5.41) is 5.81. The van der Waals surface area contributed by atoms with Gasteiger partial charge in [-0.05, 0) is 38.3 Å². The second kappa shape index (κ2) is 7.70. The van der Waals surface area contributed by atoms with Crippen LogP contribution in [0.1, 0.15) is 20.8 Å². The van der Waals surface area contributed by atoms with E-state index in [1.165, 1.54) is 13.0 Å². The minimum absolute atomic E-state index is 0.120. The highest BCUT2D eigenvalue weighted by molar-refractivity contribution is 7.93. The number of carbonyl (C=O) groups excluding carboxylic acids is 3. The van der Waals surface area contributed by atoms with E-state index in [1.54, 1.807) is 44.2 Å². The van der Waals surface area contributed by atoms with Gasteiger partial charge in [0.25, 0.3) is 15.9 Å². The maximum atomic E-state index is 12.9. The fraction of sp³-hybridized carbons (Fsp3) is 0.316.